The van der Waals surface area contributed by atoms with E-state index >= 15 is 4.39 Å². The maximum absolute atomic E-state index is 15.0. The Morgan fingerprint density at radius 2 is 1.40 bits per heavy atom. The summed E-state index contributed by atoms with van der Waals surface area (Å²) < 4.78 is 66.8. The summed E-state index contributed by atoms with van der Waals surface area (Å²) in [6, 6.07) is 13.6. The van der Waals surface area contributed by atoms with Crippen LogP contribution >= 0.6 is 0 Å². The number of carbonyl (C=O) groups is 1. The number of ether oxygens (including phenoxy) is 4. The molecule has 3 aromatic carbocycles. The van der Waals surface area contributed by atoms with Gasteiger partial charge in [-0.25, -0.2) is 8.78 Å². The Labute approximate surface area is 252 Å². The van der Waals surface area contributed by atoms with Gasteiger partial charge in [-0.2, -0.15) is 4.39 Å². The predicted octanol–water partition coefficient (Wildman–Crippen LogP) is 9.26. The normalized spacial score (nSPS) is 16.7. The minimum absolute atomic E-state index is 0.0775. The number of benzene rings is 3. The lowest BCUT2D eigenvalue weighted by atomic mass is 9.99. The molecular formula is C35H41F3O5. The summed E-state index contributed by atoms with van der Waals surface area (Å²) >= 11 is 0. The van der Waals surface area contributed by atoms with Gasteiger partial charge < -0.3 is 18.9 Å². The second-order valence-corrected chi connectivity index (χ2v) is 10.9. The second kappa shape index (κ2) is 16.5. The molecule has 0 N–H and O–H groups in total. The van der Waals surface area contributed by atoms with Crippen LogP contribution in [0.2, 0.25) is 0 Å². The standard InChI is InChI=1S/C35H41F3O5/c1-3-5-7-8-10-20-40-31-19-18-29(33(37)34(31)38)25-14-12-24(13-15-25)28-17-16-27(21-30(28)36)43-35(39)26-22-41-32(42-23-26)11-9-6-4-2/h12-19,21,26,32H,3-11,20,22-23H2,1-2H3. The predicted molar refractivity (Wildman–Crippen MR) is 160 cm³/mol. The van der Waals surface area contributed by atoms with Crippen molar-refractivity contribution in [3.8, 4) is 33.8 Å². The highest BCUT2D eigenvalue weighted by Crippen LogP contribution is 2.33. The van der Waals surface area contributed by atoms with Gasteiger partial charge >= 0.3 is 5.97 Å². The summed E-state index contributed by atoms with van der Waals surface area (Å²) in [4.78, 5) is 12.6. The Balaban J connectivity index is 1.33. The number of esters is 1. The average molecular weight is 599 g/mol. The third kappa shape index (κ3) is 9.07. The van der Waals surface area contributed by atoms with Crippen LogP contribution in [0.15, 0.2) is 54.6 Å². The van der Waals surface area contributed by atoms with Gasteiger partial charge in [0.25, 0.3) is 0 Å². The molecule has 3 aromatic rings. The number of carbonyl (C=O) groups excluding carboxylic acids is 1. The smallest absolute Gasteiger partial charge is 0.319 e. The van der Waals surface area contributed by atoms with E-state index in [1.54, 1.807) is 24.3 Å². The third-order valence-corrected chi connectivity index (χ3v) is 7.56. The zero-order valence-electron chi connectivity index (χ0n) is 25.0. The second-order valence-electron chi connectivity index (χ2n) is 10.9. The van der Waals surface area contributed by atoms with E-state index in [1.807, 2.05) is 0 Å². The first kappa shape index (κ1) is 32.6. The molecule has 0 unspecified atom stereocenters. The third-order valence-electron chi connectivity index (χ3n) is 7.56. The van der Waals surface area contributed by atoms with Gasteiger partial charge in [-0.3, -0.25) is 4.79 Å². The molecule has 0 aliphatic carbocycles. The SMILES string of the molecule is CCCCCCCOc1ccc(-c2ccc(-c3ccc(OC(=O)C4COC(CCCCC)OC4)cc3F)cc2)c(F)c1F. The van der Waals surface area contributed by atoms with Crippen LogP contribution in [0.25, 0.3) is 22.3 Å². The molecule has 0 amide bonds. The van der Waals surface area contributed by atoms with Gasteiger partial charge in [0.2, 0.25) is 5.82 Å². The van der Waals surface area contributed by atoms with E-state index in [0.717, 1.165) is 63.9 Å². The quantitative estimate of drug-likeness (QED) is 0.0992. The molecule has 1 aliphatic rings. The molecule has 0 radical (unpaired) electrons. The minimum atomic E-state index is -1.02. The average Bonchev–Trinajstić information content (AvgIpc) is 3.02. The van der Waals surface area contributed by atoms with Crippen molar-refractivity contribution in [2.24, 2.45) is 5.92 Å². The zero-order chi connectivity index (χ0) is 30.6. The van der Waals surface area contributed by atoms with E-state index in [2.05, 4.69) is 13.8 Å². The monoisotopic (exact) mass is 598 g/mol. The van der Waals surface area contributed by atoms with Crippen LogP contribution in [0.3, 0.4) is 0 Å². The molecule has 1 heterocycles. The maximum Gasteiger partial charge on any atom is 0.319 e. The van der Waals surface area contributed by atoms with Crippen molar-refractivity contribution < 1.29 is 36.9 Å². The van der Waals surface area contributed by atoms with Crippen LogP contribution in [-0.4, -0.2) is 32.1 Å². The van der Waals surface area contributed by atoms with Crippen LogP contribution in [0.4, 0.5) is 13.2 Å². The fourth-order valence-electron chi connectivity index (χ4n) is 4.98. The summed E-state index contributed by atoms with van der Waals surface area (Å²) in [7, 11) is 0. The first-order valence-corrected chi connectivity index (χ1v) is 15.4. The molecule has 0 aromatic heterocycles. The van der Waals surface area contributed by atoms with Crippen LogP contribution in [-0.2, 0) is 14.3 Å². The first-order chi connectivity index (χ1) is 20.9. The van der Waals surface area contributed by atoms with Gasteiger partial charge in [-0.1, -0.05) is 76.6 Å². The van der Waals surface area contributed by atoms with Crippen LogP contribution in [0, 0.1) is 23.4 Å². The Morgan fingerprint density at radius 1 is 0.767 bits per heavy atom. The van der Waals surface area contributed by atoms with Crippen molar-refractivity contribution in [1.82, 2.24) is 0 Å². The lowest BCUT2D eigenvalue weighted by Crippen LogP contribution is -2.38. The maximum atomic E-state index is 15.0. The van der Waals surface area contributed by atoms with Gasteiger partial charge in [0.1, 0.15) is 17.5 Å². The highest BCUT2D eigenvalue weighted by molar-refractivity contribution is 5.76. The molecule has 1 saturated heterocycles. The fourth-order valence-corrected chi connectivity index (χ4v) is 4.98. The molecule has 0 atom stereocenters. The molecule has 0 saturated carbocycles. The number of hydrogen-bond donors (Lipinski definition) is 0. The van der Waals surface area contributed by atoms with E-state index in [-0.39, 0.29) is 42.1 Å². The van der Waals surface area contributed by atoms with Gasteiger partial charge in [0, 0.05) is 17.2 Å². The molecule has 8 heteroatoms. The topological polar surface area (TPSA) is 54.0 Å². The summed E-state index contributed by atoms with van der Waals surface area (Å²) in [6.07, 6.45) is 8.84. The molecular weight excluding hydrogens is 557 g/mol. The molecule has 0 spiro atoms. The fraction of sp³-hybridized carbons (Fsp3) is 0.457. The summed E-state index contributed by atoms with van der Waals surface area (Å²) in [5.74, 6) is -3.75. The summed E-state index contributed by atoms with van der Waals surface area (Å²) in [5.41, 5.74) is 1.35. The van der Waals surface area contributed by atoms with Crippen LogP contribution < -0.4 is 9.47 Å². The number of halogens is 3. The summed E-state index contributed by atoms with van der Waals surface area (Å²) in [6.45, 7) is 4.98. The van der Waals surface area contributed by atoms with Crippen molar-refractivity contribution in [2.45, 2.75) is 77.9 Å². The number of rotatable bonds is 15. The van der Waals surface area contributed by atoms with Gasteiger partial charge in [-0.05, 0) is 54.7 Å². The Bertz CT molecular complexity index is 1320. The van der Waals surface area contributed by atoms with E-state index < -0.39 is 29.3 Å². The largest absolute Gasteiger partial charge is 0.490 e. The van der Waals surface area contributed by atoms with Crippen LogP contribution in [0.5, 0.6) is 11.5 Å². The minimum Gasteiger partial charge on any atom is -0.490 e. The van der Waals surface area contributed by atoms with Crippen molar-refractivity contribution >= 4 is 5.97 Å². The Hall–Kier alpha value is -3.36. The van der Waals surface area contributed by atoms with Crippen LogP contribution in [0.1, 0.15) is 71.6 Å². The lowest BCUT2D eigenvalue weighted by molar-refractivity contribution is -0.208. The van der Waals surface area contributed by atoms with Crippen molar-refractivity contribution in [3.05, 3.63) is 72.0 Å². The van der Waals surface area contributed by atoms with Crippen molar-refractivity contribution in [2.75, 3.05) is 19.8 Å². The first-order valence-electron chi connectivity index (χ1n) is 15.4. The van der Waals surface area contributed by atoms with E-state index in [4.69, 9.17) is 18.9 Å². The van der Waals surface area contributed by atoms with Crippen molar-refractivity contribution in [1.29, 1.82) is 0 Å². The number of unbranched alkanes of at least 4 members (excludes halogenated alkanes) is 6. The lowest BCUT2D eigenvalue weighted by Gasteiger charge is -2.28. The molecule has 4 rings (SSSR count). The van der Waals surface area contributed by atoms with Gasteiger partial charge in [0.15, 0.2) is 17.9 Å². The molecule has 1 fully saturated rings. The molecule has 5 nitrogen and oxygen atoms in total. The van der Waals surface area contributed by atoms with Gasteiger partial charge in [-0.15, -0.1) is 0 Å². The van der Waals surface area contributed by atoms with Crippen molar-refractivity contribution in [3.63, 3.8) is 0 Å². The number of hydrogen-bond acceptors (Lipinski definition) is 5. The van der Waals surface area contributed by atoms with E-state index in [9.17, 15) is 13.6 Å². The highest BCUT2D eigenvalue weighted by atomic mass is 19.2. The highest BCUT2D eigenvalue weighted by Gasteiger charge is 2.29. The summed E-state index contributed by atoms with van der Waals surface area (Å²) in [5, 5.41) is 0. The Morgan fingerprint density at radius 3 is 2.07 bits per heavy atom. The molecule has 232 valence electrons. The van der Waals surface area contributed by atoms with E-state index in [0.29, 0.717) is 17.7 Å². The molecule has 1 aliphatic heterocycles. The molecule has 43 heavy (non-hydrogen) atoms. The zero-order valence-corrected chi connectivity index (χ0v) is 25.0. The van der Waals surface area contributed by atoms with E-state index in [1.165, 1.54) is 24.3 Å². The molecule has 0 bridgehead atoms. The van der Waals surface area contributed by atoms with Gasteiger partial charge in [0.05, 0.1) is 19.8 Å². The Kier molecular flexibility index (Phi) is 12.5.